The molecule has 140 valence electrons. The van der Waals surface area contributed by atoms with E-state index in [0.29, 0.717) is 31.5 Å². The number of nitrogens with zero attached hydrogens (tertiary/aromatic N) is 2. The van der Waals surface area contributed by atoms with Crippen LogP contribution in [-0.4, -0.2) is 38.5 Å². The van der Waals surface area contributed by atoms with Crippen LogP contribution in [0.1, 0.15) is 56.3 Å². The maximum Gasteiger partial charge on any atom is 0.407 e. The molecule has 0 aromatic heterocycles. The molecule has 2 atom stereocenters. The number of nitrogens with one attached hydrogen (secondary N) is 1. The molecule has 3 rings (SSSR count). The van der Waals surface area contributed by atoms with E-state index in [0.717, 1.165) is 17.5 Å². The van der Waals surface area contributed by atoms with E-state index in [1.54, 1.807) is 6.07 Å². The van der Waals surface area contributed by atoms with Crippen molar-refractivity contribution in [1.29, 1.82) is 5.26 Å². The van der Waals surface area contributed by atoms with Gasteiger partial charge in [0.05, 0.1) is 17.7 Å². The van der Waals surface area contributed by atoms with Crippen molar-refractivity contribution < 1.29 is 14.5 Å². The van der Waals surface area contributed by atoms with Crippen molar-refractivity contribution in [3.8, 4) is 6.07 Å². The van der Waals surface area contributed by atoms with Crippen LogP contribution in [0.25, 0.3) is 0 Å². The fourth-order valence-corrected chi connectivity index (χ4v) is 5.01. The first-order valence-corrected chi connectivity index (χ1v) is 10.0. The molecule has 1 fully saturated rings. The number of piperidine rings is 1. The van der Waals surface area contributed by atoms with Gasteiger partial charge in [-0.2, -0.15) is 5.26 Å². The molecule has 2 N–H and O–H groups in total. The molecule has 0 saturated carbocycles. The number of nitriles is 1. The van der Waals surface area contributed by atoms with Gasteiger partial charge in [-0.25, -0.2) is 4.79 Å². The van der Waals surface area contributed by atoms with Gasteiger partial charge in [-0.05, 0) is 57.2 Å². The molecule has 26 heavy (non-hydrogen) atoms. The SMILES string of the molecule is CC(C)(C)[S@@+]([O-])N[C@@H]1c2c(C#N)cccc2CC12CCN(C(=O)O)CC2. The molecule has 1 heterocycles. The smallest absolute Gasteiger partial charge is 0.407 e. The molecule has 1 aliphatic carbocycles. The van der Waals surface area contributed by atoms with Gasteiger partial charge in [0.2, 0.25) is 0 Å². The van der Waals surface area contributed by atoms with Crippen molar-refractivity contribution in [3.63, 3.8) is 0 Å². The van der Waals surface area contributed by atoms with Gasteiger partial charge >= 0.3 is 6.09 Å². The van der Waals surface area contributed by atoms with E-state index in [2.05, 4.69) is 10.8 Å². The summed E-state index contributed by atoms with van der Waals surface area (Å²) in [4.78, 5) is 12.7. The van der Waals surface area contributed by atoms with Crippen molar-refractivity contribution in [3.05, 3.63) is 34.9 Å². The molecule has 0 radical (unpaired) electrons. The van der Waals surface area contributed by atoms with Crippen LogP contribution in [0.4, 0.5) is 4.79 Å². The Labute approximate surface area is 157 Å². The average Bonchev–Trinajstić information content (AvgIpc) is 2.87. The third-order valence-corrected chi connectivity index (χ3v) is 7.13. The molecule has 7 heteroatoms. The van der Waals surface area contributed by atoms with Gasteiger partial charge in [0, 0.05) is 29.9 Å². The summed E-state index contributed by atoms with van der Waals surface area (Å²) in [6, 6.07) is 7.80. The quantitative estimate of drug-likeness (QED) is 0.774. The molecule has 1 aliphatic heterocycles. The molecule has 1 spiro atoms. The molecule has 1 saturated heterocycles. The van der Waals surface area contributed by atoms with E-state index in [1.807, 2.05) is 32.9 Å². The first-order valence-electron chi connectivity index (χ1n) is 8.86. The van der Waals surface area contributed by atoms with Crippen LogP contribution in [0, 0.1) is 16.7 Å². The molecule has 2 aliphatic rings. The van der Waals surface area contributed by atoms with Crippen LogP contribution in [0.5, 0.6) is 0 Å². The Morgan fingerprint density at radius 2 is 2.08 bits per heavy atom. The van der Waals surface area contributed by atoms with Gasteiger partial charge in [-0.15, -0.1) is 4.72 Å². The lowest BCUT2D eigenvalue weighted by atomic mass is 9.73. The number of rotatable bonds is 2. The summed E-state index contributed by atoms with van der Waals surface area (Å²) in [5.41, 5.74) is 2.46. The lowest BCUT2D eigenvalue weighted by molar-refractivity contribution is 0.0764. The highest BCUT2D eigenvalue weighted by Crippen LogP contribution is 2.53. The fourth-order valence-electron chi connectivity index (χ4n) is 4.07. The second-order valence-corrected chi connectivity index (χ2v) is 10.2. The number of hydrogen-bond donors (Lipinski definition) is 2. The molecule has 0 bridgehead atoms. The largest absolute Gasteiger partial charge is 0.598 e. The highest BCUT2D eigenvalue weighted by atomic mass is 32.2. The standard InChI is InChI=1S/C19H25N3O3S/c1-18(2,3)26(25)21-16-15-13(5-4-6-14(15)12-20)11-19(16)7-9-22(10-8-19)17(23)24/h4-6,16,21H,7-11H2,1-3H3,(H,23,24)/t16-,26-/m1/s1. The third-order valence-electron chi connectivity index (χ3n) is 5.57. The van der Waals surface area contributed by atoms with Crippen LogP contribution in [0.15, 0.2) is 18.2 Å². The highest BCUT2D eigenvalue weighted by Gasteiger charge is 2.51. The number of carboxylic acid groups (broad SMARTS) is 1. The topological polar surface area (TPSA) is 99.4 Å². The third kappa shape index (κ3) is 3.29. The fraction of sp³-hybridized carbons (Fsp3) is 0.579. The summed E-state index contributed by atoms with van der Waals surface area (Å²) in [5, 5.41) is 18.8. The zero-order chi connectivity index (χ0) is 19.1. The van der Waals surface area contributed by atoms with Crippen LogP contribution in [-0.2, 0) is 17.8 Å². The van der Waals surface area contributed by atoms with E-state index in [4.69, 9.17) is 0 Å². The Morgan fingerprint density at radius 1 is 1.42 bits per heavy atom. The summed E-state index contributed by atoms with van der Waals surface area (Å²) >= 11 is -1.28. The lowest BCUT2D eigenvalue weighted by Crippen LogP contribution is -2.50. The molecule has 6 nitrogen and oxygen atoms in total. The van der Waals surface area contributed by atoms with Crippen molar-refractivity contribution in [1.82, 2.24) is 9.62 Å². The van der Waals surface area contributed by atoms with E-state index in [-0.39, 0.29) is 11.5 Å². The molecular weight excluding hydrogens is 350 g/mol. The van der Waals surface area contributed by atoms with E-state index < -0.39 is 22.2 Å². The minimum Gasteiger partial charge on any atom is -0.598 e. The summed E-state index contributed by atoms with van der Waals surface area (Å²) in [6.45, 7) is 6.68. The van der Waals surface area contributed by atoms with Crippen molar-refractivity contribution in [2.45, 2.75) is 50.8 Å². The Balaban J connectivity index is 1.97. The van der Waals surface area contributed by atoms with E-state index in [9.17, 15) is 19.7 Å². The highest BCUT2D eigenvalue weighted by molar-refractivity contribution is 7.90. The number of fused-ring (bicyclic) bond motifs is 1. The minimum atomic E-state index is -1.28. The van der Waals surface area contributed by atoms with Crippen molar-refractivity contribution >= 4 is 17.5 Å². The van der Waals surface area contributed by atoms with Gasteiger partial charge in [0.1, 0.15) is 4.75 Å². The number of benzene rings is 1. The first kappa shape index (κ1) is 19.0. The zero-order valence-corrected chi connectivity index (χ0v) is 16.2. The Morgan fingerprint density at radius 3 is 2.62 bits per heavy atom. The molecular formula is C19H25N3O3S. The molecule has 1 aromatic rings. The van der Waals surface area contributed by atoms with Crippen LogP contribution < -0.4 is 4.72 Å². The molecule has 0 unspecified atom stereocenters. The number of amides is 1. The van der Waals surface area contributed by atoms with Crippen LogP contribution >= 0.6 is 0 Å². The molecule has 1 aromatic carbocycles. The zero-order valence-electron chi connectivity index (χ0n) is 15.4. The monoisotopic (exact) mass is 375 g/mol. The Hall–Kier alpha value is -1.75. The van der Waals surface area contributed by atoms with Gasteiger partial charge in [-0.1, -0.05) is 12.1 Å². The van der Waals surface area contributed by atoms with E-state index in [1.165, 1.54) is 4.90 Å². The normalized spacial score (nSPS) is 22.7. The maximum absolute atomic E-state index is 12.8. The summed E-state index contributed by atoms with van der Waals surface area (Å²) in [7, 11) is 0. The van der Waals surface area contributed by atoms with Crippen molar-refractivity contribution in [2.75, 3.05) is 13.1 Å². The summed E-state index contributed by atoms with van der Waals surface area (Å²) in [6.07, 6.45) is 1.27. The van der Waals surface area contributed by atoms with E-state index >= 15 is 0 Å². The Bertz CT molecular complexity index is 745. The summed E-state index contributed by atoms with van der Waals surface area (Å²) < 4.78 is 15.7. The van der Waals surface area contributed by atoms with Crippen LogP contribution in [0.2, 0.25) is 0 Å². The number of carbonyl (C=O) groups is 1. The Kier molecular flexibility index (Phi) is 4.95. The van der Waals surface area contributed by atoms with Gasteiger partial charge in [-0.3, -0.25) is 0 Å². The lowest BCUT2D eigenvalue weighted by Gasteiger charge is -2.43. The predicted octanol–water partition coefficient (Wildman–Crippen LogP) is 2.97. The second-order valence-electron chi connectivity index (χ2n) is 8.23. The maximum atomic E-state index is 12.8. The predicted molar refractivity (Wildman–Crippen MR) is 99.9 cm³/mol. The molecule has 1 amide bonds. The number of hydrogen-bond acceptors (Lipinski definition) is 4. The van der Waals surface area contributed by atoms with Crippen LogP contribution in [0.3, 0.4) is 0 Å². The van der Waals surface area contributed by atoms with Gasteiger partial charge in [0.25, 0.3) is 0 Å². The van der Waals surface area contributed by atoms with Gasteiger partial charge < -0.3 is 14.6 Å². The summed E-state index contributed by atoms with van der Waals surface area (Å²) in [5.74, 6) is 0. The average molecular weight is 375 g/mol. The second kappa shape index (κ2) is 6.76. The number of likely N-dealkylation sites (tertiary alicyclic amines) is 1. The minimum absolute atomic E-state index is 0.204. The van der Waals surface area contributed by atoms with Gasteiger partial charge in [0.15, 0.2) is 0 Å². The van der Waals surface area contributed by atoms with Crippen molar-refractivity contribution in [2.24, 2.45) is 5.41 Å². The first-order chi connectivity index (χ1) is 12.2.